The van der Waals surface area contributed by atoms with Crippen LogP contribution in [0.2, 0.25) is 0 Å². The van der Waals surface area contributed by atoms with Crippen molar-refractivity contribution < 1.29 is 22.7 Å². The molecule has 2 aromatic rings. The van der Waals surface area contributed by atoms with Crippen LogP contribution in [0.15, 0.2) is 42.6 Å². The quantitative estimate of drug-likeness (QED) is 0.789. The van der Waals surface area contributed by atoms with E-state index in [0.717, 1.165) is 25.7 Å². The summed E-state index contributed by atoms with van der Waals surface area (Å²) < 4.78 is 44.4. The molecule has 1 aliphatic heterocycles. The molecule has 1 aromatic carbocycles. The van der Waals surface area contributed by atoms with Crippen LogP contribution in [0.4, 0.5) is 24.5 Å². The van der Waals surface area contributed by atoms with Gasteiger partial charge in [0.05, 0.1) is 36.3 Å². The highest BCUT2D eigenvalue weighted by molar-refractivity contribution is 5.92. The van der Waals surface area contributed by atoms with Crippen LogP contribution in [0.5, 0.6) is 0 Å². The number of halogens is 3. The Morgan fingerprint density at radius 2 is 1.89 bits per heavy atom. The lowest BCUT2D eigenvalue weighted by Crippen LogP contribution is -2.41. The van der Waals surface area contributed by atoms with Crippen LogP contribution in [0.1, 0.15) is 16.1 Å². The van der Waals surface area contributed by atoms with Gasteiger partial charge in [0.15, 0.2) is 0 Å². The van der Waals surface area contributed by atoms with Gasteiger partial charge in [0.1, 0.15) is 5.69 Å². The molecule has 1 fully saturated rings. The van der Waals surface area contributed by atoms with Crippen molar-refractivity contribution in [3.8, 4) is 0 Å². The first-order chi connectivity index (χ1) is 13.4. The third-order valence-corrected chi connectivity index (χ3v) is 4.32. The number of carbonyl (C=O) groups excluding carboxylic acids is 1. The van der Waals surface area contributed by atoms with Gasteiger partial charge in [-0.05, 0) is 24.3 Å². The number of morpholine rings is 1. The zero-order valence-electron chi connectivity index (χ0n) is 15.1. The number of aromatic nitrogens is 1. The Kier molecular flexibility index (Phi) is 6.48. The summed E-state index contributed by atoms with van der Waals surface area (Å²) in [5.41, 5.74) is -0.266. The molecule has 28 heavy (non-hydrogen) atoms. The van der Waals surface area contributed by atoms with Crippen LogP contribution in [-0.2, 0) is 10.9 Å². The maximum Gasteiger partial charge on any atom is 0.418 e. The largest absolute Gasteiger partial charge is 0.418 e. The lowest BCUT2D eigenvalue weighted by molar-refractivity contribution is -0.136. The number of pyridine rings is 1. The van der Waals surface area contributed by atoms with Gasteiger partial charge in [-0.3, -0.25) is 9.69 Å². The first-order valence-corrected chi connectivity index (χ1v) is 8.91. The number of hydrogen-bond donors (Lipinski definition) is 2. The highest BCUT2D eigenvalue weighted by atomic mass is 19.4. The minimum Gasteiger partial charge on any atom is -0.379 e. The van der Waals surface area contributed by atoms with Crippen LogP contribution in [-0.4, -0.2) is 55.2 Å². The fourth-order valence-corrected chi connectivity index (χ4v) is 2.84. The Balaban J connectivity index is 1.55. The van der Waals surface area contributed by atoms with E-state index >= 15 is 0 Å². The molecule has 9 heteroatoms. The summed E-state index contributed by atoms with van der Waals surface area (Å²) in [7, 11) is 0. The molecule has 0 saturated carbocycles. The number of anilines is 2. The van der Waals surface area contributed by atoms with Gasteiger partial charge in [-0.1, -0.05) is 12.1 Å². The number of benzene rings is 1. The fourth-order valence-electron chi connectivity index (χ4n) is 2.84. The van der Waals surface area contributed by atoms with E-state index in [4.69, 9.17) is 4.74 Å². The van der Waals surface area contributed by atoms with Crippen molar-refractivity contribution in [2.75, 3.05) is 44.7 Å². The number of amides is 1. The Hall–Kier alpha value is -2.65. The minimum atomic E-state index is -4.46. The first-order valence-electron chi connectivity index (χ1n) is 8.91. The number of nitrogens with zero attached hydrogens (tertiary/aromatic N) is 2. The molecule has 0 unspecified atom stereocenters. The third-order valence-electron chi connectivity index (χ3n) is 4.32. The average molecular weight is 394 g/mol. The number of rotatable bonds is 6. The lowest BCUT2D eigenvalue weighted by Gasteiger charge is -2.26. The second-order valence-corrected chi connectivity index (χ2v) is 6.31. The molecule has 0 aliphatic carbocycles. The van der Waals surface area contributed by atoms with Crippen molar-refractivity contribution in [2.24, 2.45) is 0 Å². The second-order valence-electron chi connectivity index (χ2n) is 6.31. The molecule has 3 rings (SSSR count). The van der Waals surface area contributed by atoms with Crippen LogP contribution in [0, 0.1) is 0 Å². The topological polar surface area (TPSA) is 66.5 Å². The van der Waals surface area contributed by atoms with Crippen LogP contribution >= 0.6 is 0 Å². The zero-order chi connectivity index (χ0) is 20.0. The van der Waals surface area contributed by atoms with E-state index in [1.807, 2.05) is 0 Å². The highest BCUT2D eigenvalue weighted by Gasteiger charge is 2.33. The molecule has 1 saturated heterocycles. The number of para-hydroxylation sites is 1. The van der Waals surface area contributed by atoms with E-state index in [1.54, 1.807) is 0 Å². The summed E-state index contributed by atoms with van der Waals surface area (Å²) in [5, 5.41) is 5.49. The molecule has 2 N–H and O–H groups in total. The van der Waals surface area contributed by atoms with Crippen molar-refractivity contribution in [3.05, 3.63) is 53.9 Å². The second kappa shape index (κ2) is 9.03. The van der Waals surface area contributed by atoms with E-state index < -0.39 is 11.7 Å². The number of carbonyl (C=O) groups is 1. The molecule has 2 heterocycles. The molecular formula is C19H21F3N4O2. The maximum atomic E-state index is 13.1. The predicted molar refractivity (Wildman–Crippen MR) is 98.6 cm³/mol. The number of ether oxygens (including phenoxy) is 1. The maximum absolute atomic E-state index is 13.1. The van der Waals surface area contributed by atoms with Gasteiger partial charge < -0.3 is 15.4 Å². The van der Waals surface area contributed by atoms with Crippen molar-refractivity contribution in [2.45, 2.75) is 6.18 Å². The van der Waals surface area contributed by atoms with Gasteiger partial charge in [0.25, 0.3) is 5.91 Å². The van der Waals surface area contributed by atoms with Crippen molar-refractivity contribution in [1.29, 1.82) is 0 Å². The SMILES string of the molecule is O=C(NCCN1CCOCC1)c1ccc(Nc2ccccc2C(F)(F)F)cn1. The molecule has 6 nitrogen and oxygen atoms in total. The molecule has 0 bridgehead atoms. The van der Waals surface area contributed by atoms with Crippen molar-refractivity contribution in [3.63, 3.8) is 0 Å². The molecule has 1 aliphatic rings. The number of hydrogen-bond acceptors (Lipinski definition) is 5. The summed E-state index contributed by atoms with van der Waals surface area (Å²) in [6.45, 7) is 4.28. The lowest BCUT2D eigenvalue weighted by atomic mass is 10.1. The standard InChI is InChI=1S/C19H21F3N4O2/c20-19(21,22)15-3-1-2-4-16(15)25-14-5-6-17(24-13-14)18(27)23-7-8-26-9-11-28-12-10-26/h1-6,13,25H,7-12H2,(H,23,27). The molecule has 150 valence electrons. The van der Waals surface area contributed by atoms with Crippen molar-refractivity contribution in [1.82, 2.24) is 15.2 Å². The fraction of sp³-hybridized carbons (Fsp3) is 0.368. The number of alkyl halides is 3. The molecule has 1 aromatic heterocycles. The molecule has 0 atom stereocenters. The Morgan fingerprint density at radius 1 is 1.14 bits per heavy atom. The monoisotopic (exact) mass is 394 g/mol. The number of nitrogens with one attached hydrogen (secondary N) is 2. The van der Waals surface area contributed by atoms with E-state index in [-0.39, 0.29) is 17.3 Å². The molecule has 1 amide bonds. The molecule has 0 spiro atoms. The minimum absolute atomic E-state index is 0.0699. The van der Waals surface area contributed by atoms with Gasteiger partial charge >= 0.3 is 6.18 Å². The van der Waals surface area contributed by atoms with Gasteiger partial charge in [-0.25, -0.2) is 4.98 Å². The summed E-state index contributed by atoms with van der Waals surface area (Å²) >= 11 is 0. The molecular weight excluding hydrogens is 373 g/mol. The molecule has 0 radical (unpaired) electrons. The predicted octanol–water partition coefficient (Wildman–Crippen LogP) is 2.91. The Bertz CT molecular complexity index is 791. The third kappa shape index (κ3) is 5.43. The van der Waals surface area contributed by atoms with Crippen LogP contribution in [0.25, 0.3) is 0 Å². The zero-order valence-corrected chi connectivity index (χ0v) is 15.1. The van der Waals surface area contributed by atoms with E-state index in [0.29, 0.717) is 25.4 Å². The Morgan fingerprint density at radius 3 is 2.57 bits per heavy atom. The summed E-state index contributed by atoms with van der Waals surface area (Å²) in [5.74, 6) is -0.324. The van der Waals surface area contributed by atoms with Crippen molar-refractivity contribution >= 4 is 17.3 Å². The van der Waals surface area contributed by atoms with Gasteiger partial charge in [0.2, 0.25) is 0 Å². The van der Waals surface area contributed by atoms with Gasteiger partial charge in [-0.2, -0.15) is 13.2 Å². The van der Waals surface area contributed by atoms with Crippen LogP contribution in [0.3, 0.4) is 0 Å². The van der Waals surface area contributed by atoms with E-state index in [2.05, 4.69) is 20.5 Å². The smallest absolute Gasteiger partial charge is 0.379 e. The summed E-state index contributed by atoms with van der Waals surface area (Å²) in [6.07, 6.45) is -3.12. The van der Waals surface area contributed by atoms with Gasteiger partial charge in [0, 0.05) is 26.2 Å². The average Bonchev–Trinajstić information content (AvgIpc) is 2.69. The van der Waals surface area contributed by atoms with E-state index in [9.17, 15) is 18.0 Å². The van der Waals surface area contributed by atoms with Gasteiger partial charge in [-0.15, -0.1) is 0 Å². The summed E-state index contributed by atoms with van der Waals surface area (Å²) in [4.78, 5) is 18.4. The summed E-state index contributed by atoms with van der Waals surface area (Å²) in [6, 6.07) is 8.19. The van der Waals surface area contributed by atoms with Crippen LogP contribution < -0.4 is 10.6 Å². The Labute approximate surface area is 160 Å². The van der Waals surface area contributed by atoms with E-state index in [1.165, 1.54) is 36.5 Å². The first kappa shape index (κ1) is 20.1. The highest BCUT2D eigenvalue weighted by Crippen LogP contribution is 2.35. The normalized spacial score (nSPS) is 15.2.